The molecule has 40 heavy (non-hydrogen) atoms. The van der Waals surface area contributed by atoms with Crippen LogP contribution in [0, 0.1) is 0 Å². The number of hydrogen-bond acceptors (Lipinski definition) is 4. The highest BCUT2D eigenvalue weighted by Crippen LogP contribution is 2.38. The number of benzene rings is 4. The van der Waals surface area contributed by atoms with Crippen molar-refractivity contribution in [1.29, 1.82) is 0 Å². The standard InChI is InChI=1S/C35H41NO3Si/c1-5-38-34(37)33(28-36(26-29-18-10-6-11-19-29)27-30-20-12-7-13-21-30)39-40(35(2,3)4,31-22-14-8-15-23-31)32-24-16-9-17-25-32/h6-25,33H,5,26-28H2,1-4H3/t33-/m0/s1. The number of nitrogens with zero attached hydrogens (tertiary/aromatic N) is 1. The number of ether oxygens (including phenoxy) is 1. The van der Waals surface area contributed by atoms with E-state index in [1.165, 1.54) is 11.1 Å². The van der Waals surface area contributed by atoms with Crippen LogP contribution >= 0.6 is 0 Å². The molecular formula is C35H41NO3Si. The SMILES string of the molecule is CCOC(=O)[C@H](CN(Cc1ccccc1)Cc1ccccc1)O[Si](c1ccccc1)(c1ccccc1)C(C)(C)C. The van der Waals surface area contributed by atoms with E-state index in [0.717, 1.165) is 10.4 Å². The van der Waals surface area contributed by atoms with Gasteiger partial charge in [-0.05, 0) is 33.5 Å². The molecule has 0 saturated heterocycles. The summed E-state index contributed by atoms with van der Waals surface area (Å²) in [5, 5.41) is 2.02. The smallest absolute Gasteiger partial charge is 0.335 e. The van der Waals surface area contributed by atoms with Crippen LogP contribution in [0.4, 0.5) is 0 Å². The van der Waals surface area contributed by atoms with E-state index in [1.807, 2.05) is 31.2 Å². The second-order valence-corrected chi connectivity index (χ2v) is 15.4. The molecule has 0 N–H and O–H groups in total. The quantitative estimate of drug-likeness (QED) is 0.155. The van der Waals surface area contributed by atoms with Gasteiger partial charge in [0.2, 0.25) is 0 Å². The molecule has 0 aliphatic rings. The molecule has 0 aliphatic carbocycles. The molecule has 0 fully saturated rings. The Kier molecular flexibility index (Phi) is 10.1. The zero-order chi connectivity index (χ0) is 28.4. The van der Waals surface area contributed by atoms with Gasteiger partial charge in [-0.25, -0.2) is 4.79 Å². The Morgan fingerprint density at radius 3 is 1.48 bits per heavy atom. The number of hydrogen-bond donors (Lipinski definition) is 0. The normalized spacial score (nSPS) is 12.7. The maximum absolute atomic E-state index is 13.7. The van der Waals surface area contributed by atoms with E-state index in [1.54, 1.807) is 0 Å². The average Bonchev–Trinajstić information content (AvgIpc) is 2.96. The van der Waals surface area contributed by atoms with E-state index < -0.39 is 14.4 Å². The second-order valence-electron chi connectivity index (χ2n) is 11.2. The van der Waals surface area contributed by atoms with Crippen molar-refractivity contribution in [2.75, 3.05) is 13.2 Å². The highest BCUT2D eigenvalue weighted by Gasteiger charge is 2.52. The third kappa shape index (κ3) is 7.16. The lowest BCUT2D eigenvalue weighted by molar-refractivity contribution is -0.153. The highest BCUT2D eigenvalue weighted by atomic mass is 28.4. The fourth-order valence-corrected chi connectivity index (χ4v) is 10.0. The number of carbonyl (C=O) groups is 1. The summed E-state index contributed by atoms with van der Waals surface area (Å²) in [5.41, 5.74) is 2.37. The third-order valence-electron chi connectivity index (χ3n) is 7.21. The van der Waals surface area contributed by atoms with Crippen LogP contribution in [0.3, 0.4) is 0 Å². The van der Waals surface area contributed by atoms with E-state index in [9.17, 15) is 4.79 Å². The number of carbonyl (C=O) groups excluding carboxylic acids is 1. The lowest BCUT2D eigenvalue weighted by Gasteiger charge is -2.45. The minimum absolute atomic E-state index is 0.260. The third-order valence-corrected chi connectivity index (χ3v) is 12.3. The second kappa shape index (κ2) is 13.7. The first-order valence-corrected chi connectivity index (χ1v) is 16.0. The minimum atomic E-state index is -2.98. The van der Waals surface area contributed by atoms with Gasteiger partial charge in [-0.15, -0.1) is 0 Å². The topological polar surface area (TPSA) is 38.8 Å². The maximum Gasteiger partial charge on any atom is 0.335 e. The van der Waals surface area contributed by atoms with E-state index in [-0.39, 0.29) is 11.0 Å². The number of esters is 1. The van der Waals surface area contributed by atoms with Crippen LogP contribution in [0.25, 0.3) is 0 Å². The van der Waals surface area contributed by atoms with Crippen molar-refractivity contribution in [3.8, 4) is 0 Å². The van der Waals surface area contributed by atoms with Crippen LogP contribution in [-0.2, 0) is 27.0 Å². The lowest BCUT2D eigenvalue weighted by Crippen LogP contribution is -2.69. The summed E-state index contributed by atoms with van der Waals surface area (Å²) in [5.74, 6) is -0.318. The summed E-state index contributed by atoms with van der Waals surface area (Å²) >= 11 is 0. The van der Waals surface area contributed by atoms with Gasteiger partial charge >= 0.3 is 5.97 Å². The Balaban J connectivity index is 1.79. The molecule has 0 aliphatic heterocycles. The Bertz CT molecular complexity index is 1230. The van der Waals surface area contributed by atoms with Gasteiger partial charge in [-0.1, -0.05) is 142 Å². The van der Waals surface area contributed by atoms with Crippen LogP contribution in [0.2, 0.25) is 5.04 Å². The molecule has 0 aromatic heterocycles. The molecule has 0 spiro atoms. The first-order chi connectivity index (χ1) is 19.3. The first-order valence-electron chi connectivity index (χ1n) is 14.1. The molecule has 0 saturated carbocycles. The zero-order valence-electron chi connectivity index (χ0n) is 24.1. The van der Waals surface area contributed by atoms with Crippen molar-refractivity contribution in [3.05, 3.63) is 132 Å². The minimum Gasteiger partial charge on any atom is -0.464 e. The van der Waals surface area contributed by atoms with Crippen LogP contribution in [0.15, 0.2) is 121 Å². The van der Waals surface area contributed by atoms with Crippen molar-refractivity contribution >= 4 is 24.7 Å². The van der Waals surface area contributed by atoms with Gasteiger partial charge in [0.25, 0.3) is 8.32 Å². The van der Waals surface area contributed by atoms with Crippen molar-refractivity contribution in [1.82, 2.24) is 4.90 Å². The highest BCUT2D eigenvalue weighted by molar-refractivity contribution is 6.99. The largest absolute Gasteiger partial charge is 0.464 e. The van der Waals surface area contributed by atoms with Crippen LogP contribution in [0.1, 0.15) is 38.8 Å². The van der Waals surface area contributed by atoms with Crippen LogP contribution in [-0.4, -0.2) is 38.4 Å². The van der Waals surface area contributed by atoms with Gasteiger partial charge in [-0.2, -0.15) is 0 Å². The molecular weight excluding hydrogens is 510 g/mol. The van der Waals surface area contributed by atoms with E-state index >= 15 is 0 Å². The van der Waals surface area contributed by atoms with Gasteiger partial charge in [0.1, 0.15) is 0 Å². The Labute approximate surface area is 240 Å². The van der Waals surface area contributed by atoms with Gasteiger partial charge < -0.3 is 9.16 Å². The fraction of sp³-hybridized carbons (Fsp3) is 0.286. The maximum atomic E-state index is 13.7. The Hall–Kier alpha value is -3.51. The van der Waals surface area contributed by atoms with Gasteiger partial charge in [0, 0.05) is 19.6 Å². The van der Waals surface area contributed by atoms with Crippen molar-refractivity contribution in [2.45, 2.75) is 51.9 Å². The molecule has 1 atom stereocenters. The van der Waals surface area contributed by atoms with Crippen molar-refractivity contribution < 1.29 is 14.0 Å². The van der Waals surface area contributed by atoms with Gasteiger partial charge in [0.15, 0.2) is 6.10 Å². The van der Waals surface area contributed by atoms with E-state index in [2.05, 4.69) is 123 Å². The average molecular weight is 552 g/mol. The molecule has 0 amide bonds. The predicted molar refractivity (Wildman–Crippen MR) is 166 cm³/mol. The molecule has 208 valence electrons. The summed E-state index contributed by atoms with van der Waals surface area (Å²) < 4.78 is 13.0. The number of rotatable bonds is 12. The predicted octanol–water partition coefficient (Wildman–Crippen LogP) is 6.20. The van der Waals surface area contributed by atoms with Crippen LogP contribution < -0.4 is 10.4 Å². The Morgan fingerprint density at radius 2 is 1.10 bits per heavy atom. The molecule has 5 heteroatoms. The summed E-state index contributed by atoms with van der Waals surface area (Å²) in [6, 6.07) is 41.7. The van der Waals surface area contributed by atoms with Crippen molar-refractivity contribution in [3.63, 3.8) is 0 Å². The van der Waals surface area contributed by atoms with E-state index in [0.29, 0.717) is 26.2 Å². The monoisotopic (exact) mass is 551 g/mol. The molecule has 0 unspecified atom stereocenters. The first kappa shape index (κ1) is 29.5. The van der Waals surface area contributed by atoms with E-state index in [4.69, 9.17) is 9.16 Å². The summed E-state index contributed by atoms with van der Waals surface area (Å²) in [4.78, 5) is 16.0. The molecule has 4 nitrogen and oxygen atoms in total. The summed E-state index contributed by atoms with van der Waals surface area (Å²) in [6.45, 7) is 10.6. The summed E-state index contributed by atoms with van der Waals surface area (Å²) in [7, 11) is -2.98. The molecule has 4 aromatic rings. The van der Waals surface area contributed by atoms with Gasteiger partial charge in [0.05, 0.1) is 6.61 Å². The molecule has 4 rings (SSSR count). The molecule has 4 aromatic carbocycles. The Morgan fingerprint density at radius 1 is 0.700 bits per heavy atom. The van der Waals surface area contributed by atoms with Crippen molar-refractivity contribution in [2.24, 2.45) is 0 Å². The summed E-state index contributed by atoms with van der Waals surface area (Å²) in [6.07, 6.45) is -0.765. The molecule has 0 bridgehead atoms. The zero-order valence-corrected chi connectivity index (χ0v) is 25.1. The molecule has 0 radical (unpaired) electrons. The molecule has 0 heterocycles. The van der Waals surface area contributed by atoms with Crippen LogP contribution in [0.5, 0.6) is 0 Å². The fourth-order valence-electron chi connectivity index (χ4n) is 5.40. The lowest BCUT2D eigenvalue weighted by atomic mass is 10.1. The van der Waals surface area contributed by atoms with Gasteiger partial charge in [-0.3, -0.25) is 4.90 Å².